The first-order valence-corrected chi connectivity index (χ1v) is 7.90. The van der Waals surface area contributed by atoms with E-state index in [-0.39, 0.29) is 17.9 Å². The van der Waals surface area contributed by atoms with Crippen LogP contribution < -0.4 is 5.32 Å². The van der Waals surface area contributed by atoms with Gasteiger partial charge in [-0.3, -0.25) is 9.59 Å². The van der Waals surface area contributed by atoms with Gasteiger partial charge in [0.1, 0.15) is 0 Å². The Hall–Kier alpha value is -1.14. The Labute approximate surface area is 125 Å². The summed E-state index contributed by atoms with van der Waals surface area (Å²) in [7, 11) is 0. The zero-order valence-corrected chi connectivity index (χ0v) is 12.7. The third kappa shape index (κ3) is 4.68. The molecule has 1 saturated heterocycles. The summed E-state index contributed by atoms with van der Waals surface area (Å²) in [6, 6.07) is -0.180. The van der Waals surface area contributed by atoms with Crippen LogP contribution in [0.15, 0.2) is 0 Å². The molecule has 0 aromatic rings. The molecule has 1 amide bonds. The van der Waals surface area contributed by atoms with Gasteiger partial charge in [-0.15, -0.1) is 0 Å². The maximum atomic E-state index is 12.2. The number of carbonyl (C=O) groups is 2. The van der Waals surface area contributed by atoms with Crippen molar-refractivity contribution in [2.45, 2.75) is 38.6 Å². The standard InChI is InChI=1S/C15H26N2O4/c1-11(14(18)17-6-8-21-9-7-17)16-10-12-2-4-13(5-3-12)15(19)20/h11-13,16H,2-10H2,1H3,(H,19,20). The molecule has 120 valence electrons. The highest BCUT2D eigenvalue weighted by atomic mass is 16.5. The van der Waals surface area contributed by atoms with Crippen LogP contribution in [0.1, 0.15) is 32.6 Å². The van der Waals surface area contributed by atoms with Gasteiger partial charge in [-0.2, -0.15) is 0 Å². The lowest BCUT2D eigenvalue weighted by Crippen LogP contribution is -2.50. The molecule has 2 rings (SSSR count). The number of ether oxygens (including phenoxy) is 1. The molecule has 2 aliphatic rings. The van der Waals surface area contributed by atoms with E-state index in [9.17, 15) is 9.59 Å². The molecule has 6 nitrogen and oxygen atoms in total. The normalized spacial score (nSPS) is 28.1. The molecule has 1 aliphatic carbocycles. The predicted octanol–water partition coefficient (Wildman–Crippen LogP) is 0.714. The van der Waals surface area contributed by atoms with E-state index in [1.54, 1.807) is 0 Å². The van der Waals surface area contributed by atoms with Gasteiger partial charge in [0.25, 0.3) is 0 Å². The van der Waals surface area contributed by atoms with Gasteiger partial charge in [-0.1, -0.05) is 0 Å². The van der Waals surface area contributed by atoms with Crippen molar-refractivity contribution in [3.8, 4) is 0 Å². The SMILES string of the molecule is CC(NCC1CCC(C(=O)O)CC1)C(=O)N1CCOCC1. The lowest BCUT2D eigenvalue weighted by Gasteiger charge is -2.31. The molecule has 1 unspecified atom stereocenters. The first-order valence-electron chi connectivity index (χ1n) is 7.90. The fourth-order valence-corrected chi connectivity index (χ4v) is 3.10. The van der Waals surface area contributed by atoms with Crippen molar-refractivity contribution >= 4 is 11.9 Å². The maximum Gasteiger partial charge on any atom is 0.306 e. The Balaban J connectivity index is 1.68. The predicted molar refractivity (Wildman–Crippen MR) is 77.9 cm³/mol. The summed E-state index contributed by atoms with van der Waals surface area (Å²) in [4.78, 5) is 25.0. The van der Waals surface area contributed by atoms with Crippen molar-refractivity contribution < 1.29 is 19.4 Å². The Morgan fingerprint density at radius 2 is 1.86 bits per heavy atom. The van der Waals surface area contributed by atoms with Crippen LogP contribution in [0, 0.1) is 11.8 Å². The zero-order valence-electron chi connectivity index (χ0n) is 12.7. The van der Waals surface area contributed by atoms with Gasteiger partial charge in [0.2, 0.25) is 5.91 Å². The molecule has 2 fully saturated rings. The number of nitrogens with zero attached hydrogens (tertiary/aromatic N) is 1. The van der Waals surface area contributed by atoms with Gasteiger partial charge in [0.05, 0.1) is 25.2 Å². The van der Waals surface area contributed by atoms with E-state index >= 15 is 0 Å². The molecule has 1 saturated carbocycles. The smallest absolute Gasteiger partial charge is 0.306 e. The highest BCUT2D eigenvalue weighted by Gasteiger charge is 2.27. The van der Waals surface area contributed by atoms with E-state index in [2.05, 4.69) is 5.32 Å². The highest BCUT2D eigenvalue weighted by Crippen LogP contribution is 2.28. The van der Waals surface area contributed by atoms with E-state index in [1.807, 2.05) is 11.8 Å². The van der Waals surface area contributed by atoms with Gasteiger partial charge in [0, 0.05) is 13.1 Å². The lowest BCUT2D eigenvalue weighted by atomic mass is 9.82. The minimum atomic E-state index is -0.669. The average molecular weight is 298 g/mol. The largest absolute Gasteiger partial charge is 0.481 e. The summed E-state index contributed by atoms with van der Waals surface area (Å²) in [6.07, 6.45) is 3.38. The number of nitrogens with one attached hydrogen (secondary N) is 1. The maximum absolute atomic E-state index is 12.2. The van der Waals surface area contributed by atoms with E-state index in [0.29, 0.717) is 32.2 Å². The summed E-state index contributed by atoms with van der Waals surface area (Å²) >= 11 is 0. The van der Waals surface area contributed by atoms with Gasteiger partial charge >= 0.3 is 5.97 Å². The molecule has 6 heteroatoms. The van der Waals surface area contributed by atoms with Crippen molar-refractivity contribution in [2.75, 3.05) is 32.8 Å². The quantitative estimate of drug-likeness (QED) is 0.781. The molecule has 21 heavy (non-hydrogen) atoms. The Morgan fingerprint density at radius 3 is 2.43 bits per heavy atom. The lowest BCUT2D eigenvalue weighted by molar-refractivity contribution is -0.143. The van der Waals surface area contributed by atoms with Crippen molar-refractivity contribution in [1.29, 1.82) is 0 Å². The molecule has 1 aliphatic heterocycles. The number of morpholine rings is 1. The second-order valence-electron chi connectivity index (χ2n) is 6.12. The minimum Gasteiger partial charge on any atom is -0.481 e. The highest BCUT2D eigenvalue weighted by molar-refractivity contribution is 5.81. The molecule has 0 radical (unpaired) electrons. The van der Waals surface area contributed by atoms with Crippen LogP contribution in [-0.4, -0.2) is 60.8 Å². The molecule has 0 aromatic carbocycles. The Kier molecular flexibility index (Phi) is 5.99. The third-order valence-electron chi connectivity index (χ3n) is 4.60. The van der Waals surface area contributed by atoms with Crippen LogP contribution in [0.25, 0.3) is 0 Å². The number of carbonyl (C=O) groups excluding carboxylic acids is 1. The number of hydrogen-bond donors (Lipinski definition) is 2. The third-order valence-corrected chi connectivity index (χ3v) is 4.60. The summed E-state index contributed by atoms with van der Waals surface area (Å²) in [5.41, 5.74) is 0. The van der Waals surface area contributed by atoms with Crippen LogP contribution in [0.5, 0.6) is 0 Å². The number of amides is 1. The summed E-state index contributed by atoms with van der Waals surface area (Å²) < 4.78 is 5.25. The number of rotatable bonds is 5. The van der Waals surface area contributed by atoms with Gasteiger partial charge in [-0.05, 0) is 45.1 Å². The monoisotopic (exact) mass is 298 g/mol. The van der Waals surface area contributed by atoms with Crippen molar-refractivity contribution in [3.63, 3.8) is 0 Å². The number of hydrogen-bond acceptors (Lipinski definition) is 4. The molecule has 0 spiro atoms. The van der Waals surface area contributed by atoms with Crippen molar-refractivity contribution in [1.82, 2.24) is 10.2 Å². The topological polar surface area (TPSA) is 78.9 Å². The van der Waals surface area contributed by atoms with Crippen LogP contribution in [0.4, 0.5) is 0 Å². The number of carboxylic acid groups (broad SMARTS) is 1. The van der Waals surface area contributed by atoms with E-state index in [4.69, 9.17) is 9.84 Å². The second kappa shape index (κ2) is 7.75. The summed E-state index contributed by atoms with van der Waals surface area (Å²) in [6.45, 7) is 5.29. The van der Waals surface area contributed by atoms with Crippen LogP contribution in [0.3, 0.4) is 0 Å². The fourth-order valence-electron chi connectivity index (χ4n) is 3.10. The van der Waals surface area contributed by atoms with Crippen molar-refractivity contribution in [2.24, 2.45) is 11.8 Å². The van der Waals surface area contributed by atoms with Crippen LogP contribution >= 0.6 is 0 Å². The molecule has 2 N–H and O–H groups in total. The zero-order chi connectivity index (χ0) is 15.2. The average Bonchev–Trinajstić information content (AvgIpc) is 2.53. The minimum absolute atomic E-state index is 0.137. The molecule has 1 atom stereocenters. The first kappa shape index (κ1) is 16.2. The number of aliphatic carboxylic acids is 1. The summed E-state index contributed by atoms with van der Waals surface area (Å²) in [5.74, 6) is -0.219. The Bertz CT molecular complexity index is 361. The van der Waals surface area contributed by atoms with Crippen LogP contribution in [-0.2, 0) is 14.3 Å². The van der Waals surface area contributed by atoms with Gasteiger partial charge < -0.3 is 20.1 Å². The molecular formula is C15H26N2O4. The molecule has 0 bridgehead atoms. The Morgan fingerprint density at radius 1 is 1.24 bits per heavy atom. The first-order chi connectivity index (χ1) is 10.1. The van der Waals surface area contributed by atoms with E-state index in [0.717, 1.165) is 32.2 Å². The summed E-state index contributed by atoms with van der Waals surface area (Å²) in [5, 5.41) is 12.3. The van der Waals surface area contributed by atoms with Gasteiger partial charge in [0.15, 0.2) is 0 Å². The van der Waals surface area contributed by atoms with Crippen molar-refractivity contribution in [3.05, 3.63) is 0 Å². The number of carboxylic acids is 1. The second-order valence-corrected chi connectivity index (χ2v) is 6.12. The van der Waals surface area contributed by atoms with Crippen LogP contribution in [0.2, 0.25) is 0 Å². The van der Waals surface area contributed by atoms with E-state index < -0.39 is 5.97 Å². The molecule has 1 heterocycles. The van der Waals surface area contributed by atoms with Gasteiger partial charge in [-0.25, -0.2) is 0 Å². The molecule has 0 aromatic heterocycles. The fraction of sp³-hybridized carbons (Fsp3) is 0.867. The molecular weight excluding hydrogens is 272 g/mol. The van der Waals surface area contributed by atoms with E-state index in [1.165, 1.54) is 0 Å².